The molecule has 0 aliphatic heterocycles. The summed E-state index contributed by atoms with van der Waals surface area (Å²) in [4.78, 5) is 15.7. The summed E-state index contributed by atoms with van der Waals surface area (Å²) >= 11 is 5.89. The molecule has 1 aromatic rings. The molecule has 1 aliphatic carbocycles. The Labute approximate surface area is 111 Å². The number of hydrogen-bond acceptors (Lipinski definition) is 3. The lowest BCUT2D eigenvalue weighted by atomic mass is 9.85. The predicted molar refractivity (Wildman–Crippen MR) is 69.6 cm³/mol. The standard InChI is InChI=1S/C13H17ClN2O2/c14-11-8-15-7-4-10(11)12(17)16-9-13(18)5-2-1-3-6-13/h4,7-8,18H,1-3,5-6,9H2,(H,16,17). The molecule has 0 atom stereocenters. The molecule has 0 bridgehead atoms. The van der Waals surface area contributed by atoms with Crippen molar-refractivity contribution in [2.75, 3.05) is 6.54 Å². The van der Waals surface area contributed by atoms with Gasteiger partial charge in [-0.3, -0.25) is 9.78 Å². The number of halogens is 1. The van der Waals surface area contributed by atoms with Crippen molar-refractivity contribution in [1.82, 2.24) is 10.3 Å². The highest BCUT2D eigenvalue weighted by Crippen LogP contribution is 2.27. The SMILES string of the molecule is O=C(NCC1(O)CCCCC1)c1ccncc1Cl. The van der Waals surface area contributed by atoms with Crippen LogP contribution in [0, 0.1) is 0 Å². The maximum atomic E-state index is 11.9. The van der Waals surface area contributed by atoms with Gasteiger partial charge in [0.15, 0.2) is 0 Å². The van der Waals surface area contributed by atoms with Crippen molar-refractivity contribution >= 4 is 17.5 Å². The first-order valence-electron chi connectivity index (χ1n) is 6.21. The molecule has 0 saturated heterocycles. The van der Waals surface area contributed by atoms with E-state index >= 15 is 0 Å². The Kier molecular flexibility index (Phi) is 4.19. The minimum Gasteiger partial charge on any atom is -0.388 e. The number of pyridine rings is 1. The van der Waals surface area contributed by atoms with Crippen molar-refractivity contribution in [3.05, 3.63) is 29.0 Å². The zero-order valence-electron chi connectivity index (χ0n) is 10.2. The lowest BCUT2D eigenvalue weighted by Gasteiger charge is -2.32. The molecule has 1 aliphatic rings. The second-order valence-electron chi connectivity index (χ2n) is 4.82. The molecule has 18 heavy (non-hydrogen) atoms. The number of rotatable bonds is 3. The van der Waals surface area contributed by atoms with E-state index in [1.807, 2.05) is 0 Å². The number of nitrogens with one attached hydrogen (secondary N) is 1. The van der Waals surface area contributed by atoms with Crippen molar-refractivity contribution in [3.8, 4) is 0 Å². The van der Waals surface area contributed by atoms with Crippen LogP contribution in [0.1, 0.15) is 42.5 Å². The highest BCUT2D eigenvalue weighted by molar-refractivity contribution is 6.33. The second kappa shape index (κ2) is 5.67. The van der Waals surface area contributed by atoms with Crippen molar-refractivity contribution in [3.63, 3.8) is 0 Å². The van der Waals surface area contributed by atoms with E-state index in [0.717, 1.165) is 32.1 Å². The number of nitrogens with zero attached hydrogens (tertiary/aromatic N) is 1. The Morgan fingerprint density at radius 2 is 2.17 bits per heavy atom. The zero-order valence-corrected chi connectivity index (χ0v) is 10.9. The van der Waals surface area contributed by atoms with E-state index < -0.39 is 5.60 Å². The Morgan fingerprint density at radius 3 is 2.83 bits per heavy atom. The molecule has 1 aromatic heterocycles. The van der Waals surface area contributed by atoms with Crippen LogP contribution >= 0.6 is 11.6 Å². The first-order valence-corrected chi connectivity index (χ1v) is 6.59. The summed E-state index contributed by atoms with van der Waals surface area (Å²) in [6.07, 6.45) is 7.65. The van der Waals surface area contributed by atoms with Crippen LogP contribution in [0.4, 0.5) is 0 Å². The third-order valence-electron chi connectivity index (χ3n) is 3.38. The Morgan fingerprint density at radius 1 is 1.44 bits per heavy atom. The fraction of sp³-hybridized carbons (Fsp3) is 0.538. The number of carbonyl (C=O) groups excluding carboxylic acids is 1. The maximum absolute atomic E-state index is 11.9. The molecule has 98 valence electrons. The van der Waals surface area contributed by atoms with E-state index in [2.05, 4.69) is 10.3 Å². The summed E-state index contributed by atoms with van der Waals surface area (Å²) in [6, 6.07) is 1.57. The molecular formula is C13H17ClN2O2. The third-order valence-corrected chi connectivity index (χ3v) is 3.68. The lowest BCUT2D eigenvalue weighted by Crippen LogP contribution is -2.44. The topological polar surface area (TPSA) is 62.2 Å². The normalized spacial score (nSPS) is 18.3. The summed E-state index contributed by atoms with van der Waals surface area (Å²) in [7, 11) is 0. The van der Waals surface area contributed by atoms with E-state index in [0.29, 0.717) is 10.6 Å². The molecule has 4 nitrogen and oxygen atoms in total. The van der Waals surface area contributed by atoms with Gasteiger partial charge in [-0.1, -0.05) is 30.9 Å². The van der Waals surface area contributed by atoms with Crippen LogP contribution in [0.25, 0.3) is 0 Å². The molecule has 0 spiro atoms. The van der Waals surface area contributed by atoms with E-state index in [9.17, 15) is 9.90 Å². The van der Waals surface area contributed by atoms with Gasteiger partial charge in [0.25, 0.3) is 5.91 Å². The van der Waals surface area contributed by atoms with Gasteiger partial charge in [0.1, 0.15) is 0 Å². The molecule has 5 heteroatoms. The summed E-state index contributed by atoms with van der Waals surface area (Å²) in [6.45, 7) is 0.282. The number of carbonyl (C=O) groups is 1. The van der Waals surface area contributed by atoms with E-state index in [1.165, 1.54) is 12.4 Å². The van der Waals surface area contributed by atoms with Crippen LogP contribution < -0.4 is 5.32 Å². The van der Waals surface area contributed by atoms with Crippen LogP contribution in [-0.2, 0) is 0 Å². The molecule has 0 unspecified atom stereocenters. The van der Waals surface area contributed by atoms with Crippen LogP contribution in [0.2, 0.25) is 5.02 Å². The number of aliphatic hydroxyl groups is 1. The largest absolute Gasteiger partial charge is 0.388 e. The number of aromatic nitrogens is 1. The fourth-order valence-corrected chi connectivity index (χ4v) is 2.49. The van der Waals surface area contributed by atoms with Gasteiger partial charge in [-0.2, -0.15) is 0 Å². The Balaban J connectivity index is 1.94. The maximum Gasteiger partial charge on any atom is 0.253 e. The first kappa shape index (κ1) is 13.3. The van der Waals surface area contributed by atoms with Crippen molar-refractivity contribution < 1.29 is 9.90 Å². The smallest absolute Gasteiger partial charge is 0.253 e. The summed E-state index contributed by atoms with van der Waals surface area (Å²) in [5.74, 6) is -0.263. The van der Waals surface area contributed by atoms with E-state index in [1.54, 1.807) is 6.07 Å². The Bertz CT molecular complexity index is 431. The van der Waals surface area contributed by atoms with Crippen LogP contribution in [0.5, 0.6) is 0 Å². The predicted octanol–water partition coefficient (Wildman–Crippen LogP) is 2.16. The number of hydrogen-bond donors (Lipinski definition) is 2. The van der Waals surface area contributed by atoms with Crippen molar-refractivity contribution in [2.45, 2.75) is 37.7 Å². The van der Waals surface area contributed by atoms with Gasteiger partial charge < -0.3 is 10.4 Å². The molecule has 0 aromatic carbocycles. The minimum atomic E-state index is -0.757. The first-order chi connectivity index (χ1) is 8.61. The van der Waals surface area contributed by atoms with Gasteiger partial charge in [-0.25, -0.2) is 0 Å². The molecule has 1 fully saturated rings. The zero-order chi connectivity index (χ0) is 13.0. The van der Waals surface area contributed by atoms with Gasteiger partial charge in [0.05, 0.1) is 16.2 Å². The van der Waals surface area contributed by atoms with Crippen LogP contribution in [0.15, 0.2) is 18.5 Å². The van der Waals surface area contributed by atoms with Crippen LogP contribution in [-0.4, -0.2) is 28.1 Å². The number of amides is 1. The molecule has 1 saturated carbocycles. The molecule has 0 radical (unpaired) electrons. The highest BCUT2D eigenvalue weighted by Gasteiger charge is 2.29. The second-order valence-corrected chi connectivity index (χ2v) is 5.23. The van der Waals surface area contributed by atoms with E-state index in [-0.39, 0.29) is 12.5 Å². The van der Waals surface area contributed by atoms with Gasteiger partial charge in [-0.15, -0.1) is 0 Å². The summed E-state index contributed by atoms with van der Waals surface area (Å²) in [5, 5.41) is 13.3. The van der Waals surface area contributed by atoms with Gasteiger partial charge in [0, 0.05) is 18.9 Å². The average Bonchev–Trinajstić information content (AvgIpc) is 2.38. The fourth-order valence-electron chi connectivity index (χ4n) is 2.29. The van der Waals surface area contributed by atoms with Gasteiger partial charge in [0.2, 0.25) is 0 Å². The molecule has 2 N–H and O–H groups in total. The third kappa shape index (κ3) is 3.21. The highest BCUT2D eigenvalue weighted by atomic mass is 35.5. The van der Waals surface area contributed by atoms with E-state index in [4.69, 9.17) is 11.6 Å². The van der Waals surface area contributed by atoms with Crippen molar-refractivity contribution in [1.29, 1.82) is 0 Å². The minimum absolute atomic E-state index is 0.263. The van der Waals surface area contributed by atoms with Gasteiger partial charge in [-0.05, 0) is 18.9 Å². The quantitative estimate of drug-likeness (QED) is 0.883. The molecule has 2 rings (SSSR count). The lowest BCUT2D eigenvalue weighted by molar-refractivity contribution is 0.00526. The van der Waals surface area contributed by atoms with Gasteiger partial charge >= 0.3 is 0 Å². The molecule has 1 heterocycles. The summed E-state index contributed by atoms with van der Waals surface area (Å²) in [5.41, 5.74) is -0.362. The Hall–Kier alpha value is -1.13. The van der Waals surface area contributed by atoms with Crippen LogP contribution in [0.3, 0.4) is 0 Å². The average molecular weight is 269 g/mol. The molecular weight excluding hydrogens is 252 g/mol. The monoisotopic (exact) mass is 268 g/mol. The molecule has 1 amide bonds. The summed E-state index contributed by atoms with van der Waals surface area (Å²) < 4.78 is 0. The van der Waals surface area contributed by atoms with Crippen molar-refractivity contribution in [2.24, 2.45) is 0 Å².